The fourth-order valence-electron chi connectivity index (χ4n) is 2.92. The molecule has 0 N–H and O–H groups in total. The van der Waals surface area contributed by atoms with Crippen molar-refractivity contribution in [2.75, 3.05) is 13.6 Å². The largest absolute Gasteiger partial charge is 0.372 e. The molecule has 2 heterocycles. The van der Waals surface area contributed by atoms with Crippen LogP contribution in [-0.2, 0) is 4.84 Å². The monoisotopic (exact) mass is 363 g/mol. The Morgan fingerprint density at radius 2 is 1.73 bits per heavy atom. The Balaban J connectivity index is 1.59. The third-order valence-corrected chi connectivity index (χ3v) is 5.22. The lowest BCUT2D eigenvalue weighted by atomic mass is 10.2. The molecule has 0 unspecified atom stereocenters. The van der Waals surface area contributed by atoms with Gasteiger partial charge in [0.1, 0.15) is 5.04 Å². The van der Waals surface area contributed by atoms with E-state index in [2.05, 4.69) is 10.1 Å². The summed E-state index contributed by atoms with van der Waals surface area (Å²) in [6.45, 7) is 0.907. The zero-order valence-corrected chi connectivity index (χ0v) is 15.1. The van der Waals surface area contributed by atoms with Gasteiger partial charge in [0.05, 0.1) is 16.9 Å². The topological polar surface area (TPSA) is 54.3 Å². The molecule has 5 nitrogen and oxygen atoms in total. The summed E-state index contributed by atoms with van der Waals surface area (Å²) in [5, 5.41) is 5.74. The van der Waals surface area contributed by atoms with E-state index in [1.54, 1.807) is 24.3 Å². The van der Waals surface area contributed by atoms with E-state index in [9.17, 15) is 4.79 Å². The van der Waals surface area contributed by atoms with E-state index in [-0.39, 0.29) is 0 Å². The van der Waals surface area contributed by atoms with E-state index in [4.69, 9.17) is 9.83 Å². The maximum atomic E-state index is 12.1. The molecule has 4 rings (SSSR count). The maximum absolute atomic E-state index is 12.1. The van der Waals surface area contributed by atoms with Gasteiger partial charge in [-0.15, -0.1) is 0 Å². The molecule has 0 aliphatic carbocycles. The van der Waals surface area contributed by atoms with Crippen molar-refractivity contribution in [1.82, 2.24) is 4.90 Å². The Kier molecular flexibility index (Phi) is 4.58. The number of hydrogen-bond acceptors (Lipinski definition) is 6. The van der Waals surface area contributed by atoms with Gasteiger partial charge in [0.2, 0.25) is 0 Å². The SMILES string of the molecule is CN1CCC2=C1/C(=N/OC(=O)c1ccccc1)SC2=Nc1ccccc1. The first-order valence-corrected chi connectivity index (χ1v) is 9.15. The quantitative estimate of drug-likeness (QED) is 0.605. The van der Waals surface area contributed by atoms with Crippen molar-refractivity contribution in [3.05, 3.63) is 77.5 Å². The number of thioether (sulfide) groups is 1. The predicted molar refractivity (Wildman–Crippen MR) is 105 cm³/mol. The molecule has 26 heavy (non-hydrogen) atoms. The lowest BCUT2D eigenvalue weighted by molar-refractivity contribution is 0.0518. The van der Waals surface area contributed by atoms with Crippen LogP contribution in [0.2, 0.25) is 0 Å². The molecule has 0 bridgehead atoms. The molecule has 0 radical (unpaired) electrons. The van der Waals surface area contributed by atoms with Crippen LogP contribution in [0.15, 0.2) is 82.1 Å². The number of para-hydroxylation sites is 1. The van der Waals surface area contributed by atoms with E-state index in [1.165, 1.54) is 11.8 Å². The third-order valence-electron chi connectivity index (χ3n) is 4.23. The van der Waals surface area contributed by atoms with Gasteiger partial charge in [-0.05, 0) is 42.4 Å². The van der Waals surface area contributed by atoms with Crippen molar-refractivity contribution in [2.45, 2.75) is 6.42 Å². The molecular formula is C20H17N3O2S. The second-order valence-corrected chi connectivity index (χ2v) is 6.97. The summed E-state index contributed by atoms with van der Waals surface area (Å²) in [5.74, 6) is -0.463. The van der Waals surface area contributed by atoms with Crippen LogP contribution >= 0.6 is 11.8 Å². The van der Waals surface area contributed by atoms with Crippen molar-refractivity contribution in [3.8, 4) is 0 Å². The summed E-state index contributed by atoms with van der Waals surface area (Å²) in [4.78, 5) is 24.2. The van der Waals surface area contributed by atoms with Crippen LogP contribution in [0, 0.1) is 0 Å². The molecule has 0 saturated carbocycles. The van der Waals surface area contributed by atoms with Crippen molar-refractivity contribution in [2.24, 2.45) is 10.1 Å². The Labute approximate surface area is 156 Å². The van der Waals surface area contributed by atoms with Crippen molar-refractivity contribution < 1.29 is 9.63 Å². The molecule has 6 heteroatoms. The number of carbonyl (C=O) groups is 1. The molecule has 0 saturated heterocycles. The number of oxime groups is 1. The van der Waals surface area contributed by atoms with E-state index < -0.39 is 5.97 Å². The van der Waals surface area contributed by atoms with Crippen LogP contribution in [0.3, 0.4) is 0 Å². The highest BCUT2D eigenvalue weighted by molar-refractivity contribution is 8.28. The predicted octanol–water partition coefficient (Wildman–Crippen LogP) is 4.22. The highest BCUT2D eigenvalue weighted by atomic mass is 32.2. The molecule has 0 fully saturated rings. The van der Waals surface area contributed by atoms with Gasteiger partial charge < -0.3 is 9.74 Å². The minimum atomic E-state index is -0.463. The Hall–Kier alpha value is -2.86. The van der Waals surface area contributed by atoms with Gasteiger partial charge in [-0.3, -0.25) is 0 Å². The normalized spacial score (nSPS) is 19.3. The number of benzene rings is 2. The second-order valence-electron chi connectivity index (χ2n) is 5.99. The Bertz CT molecular complexity index is 921. The zero-order chi connectivity index (χ0) is 17.9. The van der Waals surface area contributed by atoms with Crippen molar-refractivity contribution >= 4 is 33.5 Å². The molecule has 0 atom stereocenters. The van der Waals surface area contributed by atoms with Gasteiger partial charge in [-0.2, -0.15) is 0 Å². The number of rotatable bonds is 3. The zero-order valence-electron chi connectivity index (χ0n) is 14.3. The summed E-state index contributed by atoms with van der Waals surface area (Å²) >= 11 is 1.45. The van der Waals surface area contributed by atoms with E-state index in [0.717, 1.165) is 35.0 Å². The van der Waals surface area contributed by atoms with Crippen LogP contribution in [0.25, 0.3) is 0 Å². The number of carbonyl (C=O) groups excluding carboxylic acids is 1. The van der Waals surface area contributed by atoms with Gasteiger partial charge in [0.25, 0.3) is 0 Å². The van der Waals surface area contributed by atoms with E-state index in [1.807, 2.05) is 43.4 Å². The third kappa shape index (κ3) is 3.28. The molecular weight excluding hydrogens is 346 g/mol. The lowest BCUT2D eigenvalue weighted by Crippen LogP contribution is -2.17. The van der Waals surface area contributed by atoms with Crippen LogP contribution in [0.1, 0.15) is 16.8 Å². The van der Waals surface area contributed by atoms with Crippen molar-refractivity contribution in [1.29, 1.82) is 0 Å². The summed E-state index contributed by atoms with van der Waals surface area (Å²) in [6.07, 6.45) is 0.913. The average Bonchev–Trinajstić information content (AvgIpc) is 3.23. The molecule has 2 aliphatic rings. The van der Waals surface area contributed by atoms with Gasteiger partial charge in [0, 0.05) is 19.2 Å². The van der Waals surface area contributed by atoms with Crippen molar-refractivity contribution in [3.63, 3.8) is 0 Å². The van der Waals surface area contributed by atoms with Crippen LogP contribution in [-0.4, -0.2) is 34.5 Å². The second kappa shape index (κ2) is 7.17. The number of hydrogen-bond donors (Lipinski definition) is 0. The fourth-order valence-corrected chi connectivity index (χ4v) is 4.03. The molecule has 0 spiro atoms. The first kappa shape index (κ1) is 16.6. The molecule has 2 aromatic rings. The van der Waals surface area contributed by atoms with Crippen LogP contribution in [0.4, 0.5) is 5.69 Å². The summed E-state index contributed by atoms with van der Waals surface area (Å²) in [6, 6.07) is 18.7. The summed E-state index contributed by atoms with van der Waals surface area (Å²) in [7, 11) is 2.02. The van der Waals surface area contributed by atoms with E-state index in [0.29, 0.717) is 10.6 Å². The number of aliphatic imine (C=N–C) groups is 1. The molecule has 0 aromatic heterocycles. The standard InChI is InChI=1S/C20H17N3O2S/c1-23-13-12-16-17(23)19(22-25-20(24)14-8-4-2-5-9-14)26-18(16)21-15-10-6-3-7-11-15/h2-11H,12-13H2,1H3/b21-18?,22-19-. The molecule has 0 amide bonds. The minimum absolute atomic E-state index is 0.463. The van der Waals surface area contributed by atoms with Gasteiger partial charge >= 0.3 is 5.97 Å². The van der Waals surface area contributed by atoms with Gasteiger partial charge in [-0.1, -0.05) is 41.6 Å². The summed E-state index contributed by atoms with van der Waals surface area (Å²) < 4.78 is 0. The fraction of sp³-hybridized carbons (Fsp3) is 0.150. The first-order chi connectivity index (χ1) is 12.7. The molecule has 130 valence electrons. The average molecular weight is 363 g/mol. The Morgan fingerprint density at radius 3 is 2.46 bits per heavy atom. The first-order valence-electron chi connectivity index (χ1n) is 8.33. The van der Waals surface area contributed by atoms with Crippen LogP contribution < -0.4 is 0 Å². The smallest absolute Gasteiger partial charge is 0.365 e. The highest BCUT2D eigenvalue weighted by Crippen LogP contribution is 2.39. The molecule has 2 aromatic carbocycles. The molecule has 2 aliphatic heterocycles. The number of nitrogens with zero attached hydrogens (tertiary/aromatic N) is 3. The maximum Gasteiger partial charge on any atom is 0.365 e. The van der Waals surface area contributed by atoms with Gasteiger partial charge in [0.15, 0.2) is 5.04 Å². The minimum Gasteiger partial charge on any atom is -0.372 e. The van der Waals surface area contributed by atoms with E-state index >= 15 is 0 Å². The highest BCUT2D eigenvalue weighted by Gasteiger charge is 2.35. The Morgan fingerprint density at radius 1 is 1.04 bits per heavy atom. The van der Waals surface area contributed by atoms with Gasteiger partial charge in [-0.25, -0.2) is 9.79 Å². The summed E-state index contributed by atoms with van der Waals surface area (Å²) in [5.41, 5.74) is 3.55. The van der Waals surface area contributed by atoms with Crippen LogP contribution in [0.5, 0.6) is 0 Å². The lowest BCUT2D eigenvalue weighted by Gasteiger charge is -2.14.